The number of carbonyl (C=O) groups excluding carboxylic acids is 1. The molecule has 2 heterocycles. The maximum atomic E-state index is 12.1. The molecular formula is C22H17N3OS. The van der Waals surface area contributed by atoms with Gasteiger partial charge in [-0.2, -0.15) is 0 Å². The summed E-state index contributed by atoms with van der Waals surface area (Å²) in [6.07, 6.45) is 3.21. The first kappa shape index (κ1) is 17.1. The molecule has 0 saturated carbocycles. The molecule has 4 aromatic rings. The standard InChI is InChI=1S/C22H17N3OS/c26-21(19-7-4-12-23-14-19)24-13-16-8-10-18(11-9-16)22-25-20(15-27-22)17-5-2-1-3-6-17/h1-12,14-15H,13H2,(H,24,26). The highest BCUT2D eigenvalue weighted by Gasteiger charge is 2.08. The van der Waals surface area contributed by atoms with Gasteiger partial charge in [0.1, 0.15) is 5.01 Å². The van der Waals surface area contributed by atoms with Crippen LogP contribution in [-0.4, -0.2) is 15.9 Å². The average molecular weight is 371 g/mol. The van der Waals surface area contributed by atoms with Gasteiger partial charge in [-0.05, 0) is 17.7 Å². The molecule has 0 aliphatic heterocycles. The van der Waals surface area contributed by atoms with Gasteiger partial charge in [0.2, 0.25) is 0 Å². The molecule has 0 unspecified atom stereocenters. The zero-order valence-corrected chi connectivity index (χ0v) is 15.3. The molecule has 0 saturated heterocycles. The van der Waals surface area contributed by atoms with Crippen molar-refractivity contribution >= 4 is 17.2 Å². The number of benzene rings is 2. The molecule has 132 valence electrons. The molecule has 2 aromatic carbocycles. The second-order valence-electron chi connectivity index (χ2n) is 6.03. The van der Waals surface area contributed by atoms with Crippen LogP contribution in [0.5, 0.6) is 0 Å². The number of nitrogens with one attached hydrogen (secondary N) is 1. The third kappa shape index (κ3) is 4.10. The lowest BCUT2D eigenvalue weighted by Gasteiger charge is -2.06. The van der Waals surface area contributed by atoms with E-state index in [1.807, 2.05) is 42.5 Å². The Balaban J connectivity index is 1.42. The summed E-state index contributed by atoms with van der Waals surface area (Å²) in [6.45, 7) is 0.473. The van der Waals surface area contributed by atoms with Gasteiger partial charge in [-0.15, -0.1) is 11.3 Å². The second kappa shape index (κ2) is 7.93. The maximum Gasteiger partial charge on any atom is 0.253 e. The number of hydrogen-bond acceptors (Lipinski definition) is 4. The van der Waals surface area contributed by atoms with Crippen molar-refractivity contribution in [1.82, 2.24) is 15.3 Å². The maximum absolute atomic E-state index is 12.1. The quantitative estimate of drug-likeness (QED) is 0.548. The number of carbonyl (C=O) groups is 1. The highest BCUT2D eigenvalue weighted by molar-refractivity contribution is 7.13. The van der Waals surface area contributed by atoms with Crippen molar-refractivity contribution in [1.29, 1.82) is 0 Å². The Morgan fingerprint density at radius 2 is 1.74 bits per heavy atom. The normalized spacial score (nSPS) is 10.5. The van der Waals surface area contributed by atoms with Gasteiger partial charge in [0.05, 0.1) is 11.3 Å². The van der Waals surface area contributed by atoms with E-state index in [4.69, 9.17) is 4.98 Å². The van der Waals surface area contributed by atoms with E-state index >= 15 is 0 Å². The monoisotopic (exact) mass is 371 g/mol. The summed E-state index contributed by atoms with van der Waals surface area (Å²) < 4.78 is 0. The number of pyridine rings is 1. The van der Waals surface area contributed by atoms with Crippen molar-refractivity contribution in [2.75, 3.05) is 0 Å². The Hall–Kier alpha value is -3.31. The summed E-state index contributed by atoms with van der Waals surface area (Å²) in [5, 5.41) is 5.97. The Morgan fingerprint density at radius 1 is 0.926 bits per heavy atom. The van der Waals surface area contributed by atoms with Crippen LogP contribution in [0.1, 0.15) is 15.9 Å². The highest BCUT2D eigenvalue weighted by Crippen LogP contribution is 2.28. The zero-order chi connectivity index (χ0) is 18.5. The molecule has 0 fully saturated rings. The molecule has 27 heavy (non-hydrogen) atoms. The fourth-order valence-electron chi connectivity index (χ4n) is 2.69. The first-order valence-electron chi connectivity index (χ1n) is 8.58. The van der Waals surface area contributed by atoms with Gasteiger partial charge >= 0.3 is 0 Å². The van der Waals surface area contributed by atoms with Gasteiger partial charge in [0, 0.05) is 35.4 Å². The second-order valence-corrected chi connectivity index (χ2v) is 6.88. The van der Waals surface area contributed by atoms with E-state index in [1.165, 1.54) is 0 Å². The van der Waals surface area contributed by atoms with Crippen LogP contribution >= 0.6 is 11.3 Å². The zero-order valence-electron chi connectivity index (χ0n) is 14.5. The molecular weight excluding hydrogens is 354 g/mol. The molecule has 0 spiro atoms. The lowest BCUT2D eigenvalue weighted by atomic mass is 10.1. The summed E-state index contributed by atoms with van der Waals surface area (Å²) in [5.41, 5.74) is 4.78. The van der Waals surface area contributed by atoms with Crippen LogP contribution in [0.15, 0.2) is 84.5 Å². The minimum absolute atomic E-state index is 0.125. The molecule has 1 amide bonds. The van der Waals surface area contributed by atoms with E-state index in [9.17, 15) is 4.79 Å². The van der Waals surface area contributed by atoms with Crippen LogP contribution in [0.3, 0.4) is 0 Å². The van der Waals surface area contributed by atoms with Crippen LogP contribution in [-0.2, 0) is 6.54 Å². The van der Waals surface area contributed by atoms with E-state index in [0.717, 1.165) is 27.4 Å². The van der Waals surface area contributed by atoms with E-state index in [0.29, 0.717) is 12.1 Å². The fourth-order valence-corrected chi connectivity index (χ4v) is 3.53. The predicted octanol–water partition coefficient (Wildman–Crippen LogP) is 4.80. The first-order valence-corrected chi connectivity index (χ1v) is 9.46. The third-order valence-corrected chi connectivity index (χ3v) is 5.04. The third-order valence-electron chi connectivity index (χ3n) is 4.15. The van der Waals surface area contributed by atoms with E-state index in [-0.39, 0.29) is 5.91 Å². The van der Waals surface area contributed by atoms with Crippen molar-refractivity contribution in [3.63, 3.8) is 0 Å². The van der Waals surface area contributed by atoms with Gasteiger partial charge in [-0.3, -0.25) is 9.78 Å². The number of thiazole rings is 1. The molecule has 2 aromatic heterocycles. The lowest BCUT2D eigenvalue weighted by molar-refractivity contribution is 0.0950. The van der Waals surface area contributed by atoms with Crippen molar-refractivity contribution in [2.24, 2.45) is 0 Å². The smallest absolute Gasteiger partial charge is 0.253 e. The summed E-state index contributed by atoms with van der Waals surface area (Å²) in [7, 11) is 0. The average Bonchev–Trinajstić information content (AvgIpc) is 3.24. The molecule has 0 aliphatic carbocycles. The number of nitrogens with zero attached hydrogens (tertiary/aromatic N) is 2. The molecule has 0 aliphatic rings. The minimum atomic E-state index is -0.125. The van der Waals surface area contributed by atoms with Crippen LogP contribution in [0.4, 0.5) is 0 Å². The van der Waals surface area contributed by atoms with E-state index in [1.54, 1.807) is 35.9 Å². The molecule has 0 atom stereocenters. The van der Waals surface area contributed by atoms with Crippen molar-refractivity contribution in [3.8, 4) is 21.8 Å². The van der Waals surface area contributed by atoms with Crippen molar-refractivity contribution in [2.45, 2.75) is 6.54 Å². The topological polar surface area (TPSA) is 54.9 Å². The Kier molecular flexibility index (Phi) is 5.03. The largest absolute Gasteiger partial charge is 0.348 e. The van der Waals surface area contributed by atoms with Gasteiger partial charge < -0.3 is 5.32 Å². The summed E-state index contributed by atoms with van der Waals surface area (Å²) in [5.74, 6) is -0.125. The van der Waals surface area contributed by atoms with Gasteiger partial charge in [-0.1, -0.05) is 54.6 Å². The SMILES string of the molecule is O=C(NCc1ccc(-c2nc(-c3ccccc3)cs2)cc1)c1cccnc1. The minimum Gasteiger partial charge on any atom is -0.348 e. The number of aromatic nitrogens is 2. The Labute approximate surface area is 161 Å². The lowest BCUT2D eigenvalue weighted by Crippen LogP contribution is -2.22. The summed E-state index contributed by atoms with van der Waals surface area (Å²) in [4.78, 5) is 20.8. The van der Waals surface area contributed by atoms with Crippen molar-refractivity contribution < 1.29 is 4.79 Å². The molecule has 4 rings (SSSR count). The number of amides is 1. The van der Waals surface area contributed by atoms with E-state index < -0.39 is 0 Å². The predicted molar refractivity (Wildman–Crippen MR) is 108 cm³/mol. The van der Waals surface area contributed by atoms with Gasteiger partial charge in [0.15, 0.2) is 0 Å². The highest BCUT2D eigenvalue weighted by atomic mass is 32.1. The van der Waals surface area contributed by atoms with Gasteiger partial charge in [-0.25, -0.2) is 4.98 Å². The summed E-state index contributed by atoms with van der Waals surface area (Å²) >= 11 is 1.63. The van der Waals surface area contributed by atoms with Crippen LogP contribution in [0.25, 0.3) is 21.8 Å². The van der Waals surface area contributed by atoms with Gasteiger partial charge in [0.25, 0.3) is 5.91 Å². The molecule has 0 bridgehead atoms. The van der Waals surface area contributed by atoms with E-state index in [2.05, 4.69) is 27.8 Å². The molecule has 5 heteroatoms. The van der Waals surface area contributed by atoms with Crippen molar-refractivity contribution in [3.05, 3.63) is 95.6 Å². The summed E-state index contributed by atoms with van der Waals surface area (Å²) in [6, 6.07) is 21.8. The fraction of sp³-hybridized carbons (Fsp3) is 0.0455. The molecule has 1 N–H and O–H groups in total. The van der Waals surface area contributed by atoms with Crippen LogP contribution < -0.4 is 5.32 Å². The Bertz CT molecular complexity index is 1030. The Morgan fingerprint density at radius 3 is 2.48 bits per heavy atom. The number of rotatable bonds is 5. The number of hydrogen-bond donors (Lipinski definition) is 1. The van der Waals surface area contributed by atoms with Crippen LogP contribution in [0, 0.1) is 0 Å². The van der Waals surface area contributed by atoms with Crippen LogP contribution in [0.2, 0.25) is 0 Å². The molecule has 0 radical (unpaired) electrons. The first-order chi connectivity index (χ1) is 13.3. The molecule has 4 nitrogen and oxygen atoms in total.